The molecule has 14 heavy (non-hydrogen) atoms. The van der Waals surface area contributed by atoms with Crippen molar-refractivity contribution in [1.29, 1.82) is 0 Å². The number of hydrogen-bond donors (Lipinski definition) is 3. The van der Waals surface area contributed by atoms with Crippen LogP contribution in [0, 0.1) is 11.3 Å². The highest BCUT2D eigenvalue weighted by Gasteiger charge is 2.19. The molecule has 0 radical (unpaired) electrons. The Labute approximate surface area is 85.9 Å². The summed E-state index contributed by atoms with van der Waals surface area (Å²) < 4.78 is 0. The Bertz CT molecular complexity index is 181. The molecule has 0 bridgehead atoms. The van der Waals surface area contributed by atoms with Crippen LogP contribution < -0.4 is 11.1 Å². The molecule has 0 saturated heterocycles. The second-order valence-corrected chi connectivity index (χ2v) is 4.49. The molecule has 0 rings (SSSR count). The van der Waals surface area contributed by atoms with Gasteiger partial charge in [-0.1, -0.05) is 20.8 Å². The van der Waals surface area contributed by atoms with Gasteiger partial charge in [0.25, 0.3) is 0 Å². The molecule has 1 atom stereocenters. The number of hydrogen-bond acceptors (Lipinski definition) is 3. The van der Waals surface area contributed by atoms with E-state index >= 15 is 0 Å². The standard InChI is InChI=1S/C10H22N2O2/c1-8(6-11)9(14)12-7-10(2,3)4-5-13/h8,13H,4-7,11H2,1-3H3,(H,12,14). The molecule has 0 aliphatic rings. The lowest BCUT2D eigenvalue weighted by atomic mass is 9.89. The number of carbonyl (C=O) groups excluding carboxylic acids is 1. The smallest absolute Gasteiger partial charge is 0.224 e. The average Bonchev–Trinajstić information content (AvgIpc) is 2.13. The van der Waals surface area contributed by atoms with E-state index in [1.165, 1.54) is 0 Å². The number of carbonyl (C=O) groups is 1. The van der Waals surface area contributed by atoms with E-state index in [0.717, 1.165) is 0 Å². The van der Waals surface area contributed by atoms with Gasteiger partial charge in [0.1, 0.15) is 0 Å². The van der Waals surface area contributed by atoms with Gasteiger partial charge in [0.05, 0.1) is 0 Å². The van der Waals surface area contributed by atoms with E-state index < -0.39 is 0 Å². The first kappa shape index (κ1) is 13.4. The summed E-state index contributed by atoms with van der Waals surface area (Å²) in [6.07, 6.45) is 0.685. The summed E-state index contributed by atoms with van der Waals surface area (Å²) in [7, 11) is 0. The summed E-state index contributed by atoms with van der Waals surface area (Å²) in [4.78, 5) is 11.4. The van der Waals surface area contributed by atoms with Crippen LogP contribution in [0.2, 0.25) is 0 Å². The van der Waals surface area contributed by atoms with Crippen LogP contribution in [0.25, 0.3) is 0 Å². The van der Waals surface area contributed by atoms with Gasteiger partial charge in [-0.05, 0) is 11.8 Å². The van der Waals surface area contributed by atoms with Crippen molar-refractivity contribution < 1.29 is 9.90 Å². The zero-order valence-corrected chi connectivity index (χ0v) is 9.34. The molecule has 0 heterocycles. The Kier molecular flexibility index (Phi) is 5.72. The van der Waals surface area contributed by atoms with Crippen LogP contribution in [-0.4, -0.2) is 30.7 Å². The molecule has 84 valence electrons. The molecule has 4 N–H and O–H groups in total. The van der Waals surface area contributed by atoms with Gasteiger partial charge in [-0.3, -0.25) is 4.79 Å². The number of amides is 1. The Morgan fingerprint density at radius 1 is 1.57 bits per heavy atom. The minimum absolute atomic E-state index is 0.0153. The fourth-order valence-corrected chi connectivity index (χ4v) is 0.999. The molecular weight excluding hydrogens is 180 g/mol. The van der Waals surface area contributed by atoms with E-state index in [2.05, 4.69) is 5.32 Å². The van der Waals surface area contributed by atoms with E-state index in [9.17, 15) is 4.79 Å². The summed E-state index contributed by atoms with van der Waals surface area (Å²) in [6.45, 7) is 6.92. The van der Waals surface area contributed by atoms with Gasteiger partial charge in [-0.2, -0.15) is 0 Å². The first-order valence-electron chi connectivity index (χ1n) is 5.01. The lowest BCUT2D eigenvalue weighted by Gasteiger charge is -2.24. The third-order valence-electron chi connectivity index (χ3n) is 2.33. The van der Waals surface area contributed by atoms with Gasteiger partial charge in [-0.15, -0.1) is 0 Å². The molecule has 0 aliphatic heterocycles. The van der Waals surface area contributed by atoms with Crippen molar-refractivity contribution in [2.45, 2.75) is 27.2 Å². The van der Waals surface area contributed by atoms with Crippen molar-refractivity contribution in [3.05, 3.63) is 0 Å². The monoisotopic (exact) mass is 202 g/mol. The third-order valence-corrected chi connectivity index (χ3v) is 2.33. The fourth-order valence-electron chi connectivity index (χ4n) is 0.999. The first-order valence-corrected chi connectivity index (χ1v) is 5.01. The van der Waals surface area contributed by atoms with E-state index in [-0.39, 0.29) is 23.8 Å². The van der Waals surface area contributed by atoms with Gasteiger partial charge in [0, 0.05) is 25.6 Å². The molecule has 1 unspecified atom stereocenters. The van der Waals surface area contributed by atoms with Gasteiger partial charge in [0.15, 0.2) is 0 Å². The molecule has 0 fully saturated rings. The van der Waals surface area contributed by atoms with E-state index in [1.807, 2.05) is 13.8 Å². The van der Waals surface area contributed by atoms with Gasteiger partial charge in [-0.25, -0.2) is 0 Å². The summed E-state index contributed by atoms with van der Waals surface area (Å²) in [6, 6.07) is 0. The van der Waals surface area contributed by atoms with Crippen molar-refractivity contribution in [1.82, 2.24) is 5.32 Å². The average molecular weight is 202 g/mol. The molecule has 0 spiro atoms. The normalized spacial score (nSPS) is 13.8. The zero-order valence-electron chi connectivity index (χ0n) is 9.34. The largest absolute Gasteiger partial charge is 0.396 e. The Hall–Kier alpha value is -0.610. The van der Waals surface area contributed by atoms with Crippen molar-refractivity contribution in [2.75, 3.05) is 19.7 Å². The SMILES string of the molecule is CC(CN)C(=O)NCC(C)(C)CCO. The summed E-state index contributed by atoms with van der Waals surface area (Å²) in [5.41, 5.74) is 5.31. The van der Waals surface area contributed by atoms with E-state index in [0.29, 0.717) is 19.5 Å². The van der Waals surface area contributed by atoms with Crippen molar-refractivity contribution in [3.63, 3.8) is 0 Å². The van der Waals surface area contributed by atoms with Crippen LogP contribution in [0.4, 0.5) is 0 Å². The van der Waals surface area contributed by atoms with Crippen LogP contribution in [0.15, 0.2) is 0 Å². The van der Waals surface area contributed by atoms with Crippen molar-refractivity contribution in [2.24, 2.45) is 17.1 Å². The third kappa shape index (κ3) is 5.19. The van der Waals surface area contributed by atoms with Gasteiger partial charge < -0.3 is 16.2 Å². The van der Waals surface area contributed by atoms with E-state index in [4.69, 9.17) is 10.8 Å². The molecule has 0 saturated carbocycles. The second-order valence-electron chi connectivity index (χ2n) is 4.49. The van der Waals surface area contributed by atoms with Crippen molar-refractivity contribution >= 4 is 5.91 Å². The predicted octanol–water partition coefficient (Wildman–Crippen LogP) is 0.106. The van der Waals surface area contributed by atoms with Crippen LogP contribution in [0.5, 0.6) is 0 Å². The maximum Gasteiger partial charge on any atom is 0.224 e. The molecule has 0 aromatic rings. The molecule has 0 aromatic heterocycles. The molecule has 4 heteroatoms. The Morgan fingerprint density at radius 2 is 2.14 bits per heavy atom. The highest BCUT2D eigenvalue weighted by molar-refractivity contribution is 5.78. The van der Waals surface area contributed by atoms with Crippen LogP contribution in [0.1, 0.15) is 27.2 Å². The topological polar surface area (TPSA) is 75.4 Å². The van der Waals surface area contributed by atoms with Crippen LogP contribution in [-0.2, 0) is 4.79 Å². The molecule has 1 amide bonds. The minimum Gasteiger partial charge on any atom is -0.396 e. The highest BCUT2D eigenvalue weighted by atomic mass is 16.3. The Morgan fingerprint density at radius 3 is 2.57 bits per heavy atom. The second kappa shape index (κ2) is 5.98. The zero-order chi connectivity index (χ0) is 11.2. The molecular formula is C10H22N2O2. The number of rotatable bonds is 6. The van der Waals surface area contributed by atoms with Crippen LogP contribution >= 0.6 is 0 Å². The number of nitrogens with one attached hydrogen (secondary N) is 1. The summed E-state index contributed by atoms with van der Waals surface area (Å²) in [5.74, 6) is -0.154. The molecule has 0 aliphatic carbocycles. The maximum absolute atomic E-state index is 11.4. The maximum atomic E-state index is 11.4. The van der Waals surface area contributed by atoms with Crippen LogP contribution in [0.3, 0.4) is 0 Å². The first-order chi connectivity index (χ1) is 6.43. The number of aliphatic hydroxyl groups excluding tert-OH is 1. The number of aliphatic hydroxyl groups is 1. The fraction of sp³-hybridized carbons (Fsp3) is 0.900. The Balaban J connectivity index is 3.87. The lowest BCUT2D eigenvalue weighted by molar-refractivity contribution is -0.124. The number of nitrogens with two attached hydrogens (primary N) is 1. The minimum atomic E-state index is -0.139. The molecule has 4 nitrogen and oxygen atoms in total. The summed E-state index contributed by atoms with van der Waals surface area (Å²) in [5, 5.41) is 11.6. The van der Waals surface area contributed by atoms with E-state index in [1.54, 1.807) is 6.92 Å². The predicted molar refractivity (Wildman–Crippen MR) is 56.7 cm³/mol. The highest BCUT2D eigenvalue weighted by Crippen LogP contribution is 2.17. The van der Waals surface area contributed by atoms with Crippen molar-refractivity contribution in [3.8, 4) is 0 Å². The quantitative estimate of drug-likeness (QED) is 0.572. The lowest BCUT2D eigenvalue weighted by Crippen LogP contribution is -2.39. The molecule has 0 aromatic carbocycles. The van der Waals surface area contributed by atoms with Gasteiger partial charge >= 0.3 is 0 Å². The summed E-state index contributed by atoms with van der Waals surface area (Å²) >= 11 is 0. The van der Waals surface area contributed by atoms with Gasteiger partial charge in [0.2, 0.25) is 5.91 Å².